The topological polar surface area (TPSA) is 18.5 Å². The summed E-state index contributed by atoms with van der Waals surface area (Å²) in [6, 6.07) is 0. The second kappa shape index (κ2) is 4.52. The summed E-state index contributed by atoms with van der Waals surface area (Å²) < 4.78 is 10.7. The fraction of sp³-hybridized carbons (Fsp3) is 0.778. The van der Waals surface area contributed by atoms with Gasteiger partial charge in [-0.25, -0.2) is 0 Å². The lowest BCUT2D eigenvalue weighted by atomic mass is 10.3. The Morgan fingerprint density at radius 2 is 2.36 bits per heavy atom. The van der Waals surface area contributed by atoms with Gasteiger partial charge in [-0.1, -0.05) is 19.4 Å². The van der Waals surface area contributed by atoms with E-state index in [4.69, 9.17) is 9.47 Å². The molecule has 2 nitrogen and oxygen atoms in total. The molecule has 1 fully saturated rings. The minimum Gasteiger partial charge on any atom is -0.346 e. The van der Waals surface area contributed by atoms with Crippen LogP contribution in [-0.2, 0) is 9.47 Å². The summed E-state index contributed by atoms with van der Waals surface area (Å²) in [6.07, 6.45) is 6.56. The Bertz CT molecular complexity index is 132. The van der Waals surface area contributed by atoms with Gasteiger partial charge in [0, 0.05) is 0 Å². The third-order valence-corrected chi connectivity index (χ3v) is 1.61. The Balaban J connectivity index is 2.17. The highest BCUT2D eigenvalue weighted by molar-refractivity contribution is 4.87. The van der Waals surface area contributed by atoms with Gasteiger partial charge < -0.3 is 9.47 Å². The molecule has 2 atom stereocenters. The second-order valence-corrected chi connectivity index (χ2v) is 2.87. The van der Waals surface area contributed by atoms with Gasteiger partial charge in [0.25, 0.3) is 0 Å². The summed E-state index contributed by atoms with van der Waals surface area (Å²) in [6.45, 7) is 4.90. The molecule has 0 aromatic rings. The quantitative estimate of drug-likeness (QED) is 0.582. The molecule has 0 spiro atoms. The maximum absolute atomic E-state index is 5.40. The first-order chi connectivity index (χ1) is 5.33. The average Bonchev–Trinajstić information content (AvgIpc) is 2.37. The van der Waals surface area contributed by atoms with E-state index in [9.17, 15) is 0 Å². The van der Waals surface area contributed by atoms with E-state index in [-0.39, 0.29) is 12.4 Å². The smallest absolute Gasteiger partial charge is 0.177 e. The van der Waals surface area contributed by atoms with Crippen LogP contribution in [-0.4, -0.2) is 19.0 Å². The molecule has 0 aromatic carbocycles. The molecule has 1 heterocycles. The fourth-order valence-corrected chi connectivity index (χ4v) is 1.01. The first-order valence-corrected chi connectivity index (χ1v) is 4.26. The highest BCUT2D eigenvalue weighted by Gasteiger charge is 2.18. The van der Waals surface area contributed by atoms with Crippen LogP contribution in [0.15, 0.2) is 12.2 Å². The highest BCUT2D eigenvalue weighted by atomic mass is 16.7. The Morgan fingerprint density at radius 3 is 2.91 bits per heavy atom. The van der Waals surface area contributed by atoms with Crippen molar-refractivity contribution in [1.29, 1.82) is 0 Å². The van der Waals surface area contributed by atoms with Crippen LogP contribution in [0.1, 0.15) is 26.7 Å². The summed E-state index contributed by atoms with van der Waals surface area (Å²) >= 11 is 0. The van der Waals surface area contributed by atoms with Crippen molar-refractivity contribution in [2.75, 3.05) is 6.61 Å². The molecule has 64 valence electrons. The van der Waals surface area contributed by atoms with Crippen molar-refractivity contribution in [3.05, 3.63) is 12.2 Å². The average molecular weight is 156 g/mol. The van der Waals surface area contributed by atoms with Gasteiger partial charge in [-0.15, -0.1) is 0 Å². The van der Waals surface area contributed by atoms with Crippen molar-refractivity contribution < 1.29 is 9.47 Å². The predicted molar refractivity (Wildman–Crippen MR) is 44.3 cm³/mol. The number of rotatable bonds is 3. The Morgan fingerprint density at radius 1 is 1.55 bits per heavy atom. The van der Waals surface area contributed by atoms with Crippen LogP contribution < -0.4 is 0 Å². The van der Waals surface area contributed by atoms with Crippen molar-refractivity contribution in [2.24, 2.45) is 0 Å². The summed E-state index contributed by atoms with van der Waals surface area (Å²) in [4.78, 5) is 0. The third-order valence-electron chi connectivity index (χ3n) is 1.61. The highest BCUT2D eigenvalue weighted by Crippen LogP contribution is 2.11. The molecule has 0 saturated carbocycles. The summed E-state index contributed by atoms with van der Waals surface area (Å²) in [5.74, 6) is 0. The molecule has 0 radical (unpaired) electrons. The molecule has 2 heteroatoms. The molecule has 0 bridgehead atoms. The van der Waals surface area contributed by atoms with Crippen molar-refractivity contribution in [3.8, 4) is 0 Å². The number of ether oxygens (including phenoxy) is 2. The van der Waals surface area contributed by atoms with E-state index < -0.39 is 0 Å². The van der Waals surface area contributed by atoms with Crippen LogP contribution in [0.2, 0.25) is 0 Å². The first kappa shape index (κ1) is 8.75. The number of hydrogen-bond donors (Lipinski definition) is 0. The van der Waals surface area contributed by atoms with E-state index in [1.54, 1.807) is 0 Å². The third kappa shape index (κ3) is 3.04. The second-order valence-electron chi connectivity index (χ2n) is 2.87. The SMILES string of the molecule is CCC/C=C/[C@H]1OC[C@@H](C)O1. The van der Waals surface area contributed by atoms with Crippen molar-refractivity contribution in [1.82, 2.24) is 0 Å². The number of hydrogen-bond acceptors (Lipinski definition) is 2. The molecule has 0 N–H and O–H groups in total. The van der Waals surface area contributed by atoms with Crippen molar-refractivity contribution in [2.45, 2.75) is 39.1 Å². The van der Waals surface area contributed by atoms with Gasteiger partial charge in [-0.05, 0) is 19.4 Å². The Kier molecular flexibility index (Phi) is 3.60. The van der Waals surface area contributed by atoms with Gasteiger partial charge in [-0.2, -0.15) is 0 Å². The van der Waals surface area contributed by atoms with E-state index >= 15 is 0 Å². The van der Waals surface area contributed by atoms with Gasteiger partial charge in [0.05, 0.1) is 12.7 Å². The molecule has 0 amide bonds. The van der Waals surface area contributed by atoms with Crippen LogP contribution in [0.3, 0.4) is 0 Å². The molecule has 0 aliphatic carbocycles. The van der Waals surface area contributed by atoms with Gasteiger partial charge in [0.2, 0.25) is 0 Å². The molecular formula is C9H16O2. The number of unbranched alkanes of at least 4 members (excludes halogenated alkanes) is 1. The van der Waals surface area contributed by atoms with E-state index in [2.05, 4.69) is 13.0 Å². The molecule has 1 rings (SSSR count). The summed E-state index contributed by atoms with van der Waals surface area (Å²) in [5.41, 5.74) is 0. The number of allylic oxidation sites excluding steroid dienone is 1. The maximum atomic E-state index is 5.40. The van der Waals surface area contributed by atoms with Crippen LogP contribution in [0.5, 0.6) is 0 Å². The molecule has 1 aliphatic rings. The molecule has 1 saturated heterocycles. The van der Waals surface area contributed by atoms with E-state index in [0.717, 1.165) is 13.0 Å². The van der Waals surface area contributed by atoms with Crippen LogP contribution in [0.4, 0.5) is 0 Å². The minimum absolute atomic E-state index is 0.0865. The van der Waals surface area contributed by atoms with Gasteiger partial charge >= 0.3 is 0 Å². The van der Waals surface area contributed by atoms with E-state index in [1.165, 1.54) is 6.42 Å². The van der Waals surface area contributed by atoms with Crippen molar-refractivity contribution >= 4 is 0 Å². The standard InChI is InChI=1S/C9H16O2/c1-3-4-5-6-9-10-7-8(2)11-9/h5-6,8-9H,3-4,7H2,1-2H3/b6-5+/t8-,9+/m1/s1. The summed E-state index contributed by atoms with van der Waals surface area (Å²) in [7, 11) is 0. The lowest BCUT2D eigenvalue weighted by molar-refractivity contribution is -0.0162. The van der Waals surface area contributed by atoms with Crippen LogP contribution in [0, 0.1) is 0 Å². The Labute approximate surface area is 68.2 Å². The van der Waals surface area contributed by atoms with Gasteiger partial charge in [-0.3, -0.25) is 0 Å². The minimum atomic E-state index is -0.0865. The van der Waals surface area contributed by atoms with Crippen molar-refractivity contribution in [3.63, 3.8) is 0 Å². The molecule has 0 unspecified atom stereocenters. The lowest BCUT2D eigenvalue weighted by Gasteiger charge is -2.02. The summed E-state index contributed by atoms with van der Waals surface area (Å²) in [5, 5.41) is 0. The van der Waals surface area contributed by atoms with Crippen LogP contribution >= 0.6 is 0 Å². The van der Waals surface area contributed by atoms with E-state index in [1.807, 2.05) is 13.0 Å². The first-order valence-electron chi connectivity index (χ1n) is 4.26. The molecule has 0 aromatic heterocycles. The van der Waals surface area contributed by atoms with Gasteiger partial charge in [0.15, 0.2) is 6.29 Å². The van der Waals surface area contributed by atoms with E-state index in [0.29, 0.717) is 0 Å². The lowest BCUT2D eigenvalue weighted by Crippen LogP contribution is -2.05. The van der Waals surface area contributed by atoms with Crippen LogP contribution in [0.25, 0.3) is 0 Å². The zero-order valence-corrected chi connectivity index (χ0v) is 7.25. The molecular weight excluding hydrogens is 140 g/mol. The zero-order chi connectivity index (χ0) is 8.10. The van der Waals surface area contributed by atoms with Gasteiger partial charge in [0.1, 0.15) is 0 Å². The normalized spacial score (nSPS) is 31.8. The Hall–Kier alpha value is -0.340. The molecule has 1 aliphatic heterocycles. The fourth-order valence-electron chi connectivity index (χ4n) is 1.01. The predicted octanol–water partition coefficient (Wildman–Crippen LogP) is 2.10. The maximum Gasteiger partial charge on any atom is 0.177 e. The molecule has 11 heavy (non-hydrogen) atoms. The zero-order valence-electron chi connectivity index (χ0n) is 7.25. The monoisotopic (exact) mass is 156 g/mol. The largest absolute Gasteiger partial charge is 0.346 e.